The third-order valence-electron chi connectivity index (χ3n) is 3.33. The van der Waals surface area contributed by atoms with E-state index in [2.05, 4.69) is 10.0 Å². The molecule has 0 bridgehead atoms. The lowest BCUT2D eigenvalue weighted by Gasteiger charge is -2.24. The normalized spacial score (nSPS) is 21.9. The van der Waals surface area contributed by atoms with Crippen molar-refractivity contribution in [1.82, 2.24) is 4.72 Å². The number of sulfone groups is 1. The largest absolute Gasteiger partial charge is 0.381 e. The molecule has 0 radical (unpaired) electrons. The second-order valence-corrected chi connectivity index (χ2v) is 9.12. The second-order valence-electron chi connectivity index (χ2n) is 5.12. The Labute approximate surface area is 125 Å². The van der Waals surface area contributed by atoms with E-state index >= 15 is 0 Å². The lowest BCUT2D eigenvalue weighted by atomic mass is 10.2. The summed E-state index contributed by atoms with van der Waals surface area (Å²) in [5, 5.41) is 3.15. The molecule has 8 heteroatoms. The summed E-state index contributed by atoms with van der Waals surface area (Å²) in [4.78, 5) is 0.200. The average Bonchev–Trinajstić information content (AvgIpc) is 2.38. The fourth-order valence-electron chi connectivity index (χ4n) is 2.38. The van der Waals surface area contributed by atoms with E-state index in [0.717, 1.165) is 12.1 Å². The zero-order chi connectivity index (χ0) is 15.5. The zero-order valence-corrected chi connectivity index (χ0v) is 13.5. The molecule has 1 aromatic carbocycles. The van der Waals surface area contributed by atoms with E-state index < -0.39 is 19.9 Å². The maximum Gasteiger partial charge on any atom is 0.240 e. The van der Waals surface area contributed by atoms with Crippen molar-refractivity contribution in [1.29, 1.82) is 0 Å². The van der Waals surface area contributed by atoms with E-state index in [1.807, 2.05) is 0 Å². The molecule has 21 heavy (non-hydrogen) atoms. The topological polar surface area (TPSA) is 92.3 Å². The van der Waals surface area contributed by atoms with Crippen molar-refractivity contribution in [3.05, 3.63) is 24.3 Å². The quantitative estimate of drug-likeness (QED) is 0.838. The number of hydrogen-bond acceptors (Lipinski definition) is 5. The Morgan fingerprint density at radius 3 is 2.48 bits per heavy atom. The number of rotatable bonds is 5. The summed E-state index contributed by atoms with van der Waals surface area (Å²) in [5.74, 6) is 0.384. The zero-order valence-electron chi connectivity index (χ0n) is 11.9. The lowest BCUT2D eigenvalue weighted by molar-refractivity contribution is 0.562. The summed E-state index contributed by atoms with van der Waals surface area (Å²) in [5.41, 5.74) is 0.729. The summed E-state index contributed by atoms with van der Waals surface area (Å²) in [6, 6.07) is 6.23. The summed E-state index contributed by atoms with van der Waals surface area (Å²) >= 11 is 0. The maximum absolute atomic E-state index is 11.8. The molecule has 1 aliphatic rings. The molecule has 0 aliphatic carbocycles. The van der Waals surface area contributed by atoms with Crippen LogP contribution in [-0.4, -0.2) is 40.9 Å². The minimum Gasteiger partial charge on any atom is -0.381 e. The van der Waals surface area contributed by atoms with Gasteiger partial charge in [-0.25, -0.2) is 21.6 Å². The van der Waals surface area contributed by atoms with Gasteiger partial charge >= 0.3 is 0 Å². The molecule has 1 unspecified atom stereocenters. The Hall–Kier alpha value is -1.12. The highest BCUT2D eigenvalue weighted by Gasteiger charge is 2.24. The highest BCUT2D eigenvalue weighted by Crippen LogP contribution is 2.19. The van der Waals surface area contributed by atoms with E-state index in [-0.39, 0.29) is 22.4 Å². The van der Waals surface area contributed by atoms with Crippen LogP contribution in [0.2, 0.25) is 0 Å². The molecule has 118 valence electrons. The molecule has 0 aromatic heterocycles. The number of anilines is 1. The van der Waals surface area contributed by atoms with Gasteiger partial charge in [-0.05, 0) is 37.1 Å². The van der Waals surface area contributed by atoms with Gasteiger partial charge in [0.25, 0.3) is 0 Å². The SMILES string of the molecule is CCNS(=O)(=O)c1ccc(NC2CCCS(=O)(=O)C2)cc1. The lowest BCUT2D eigenvalue weighted by Crippen LogP contribution is -2.34. The molecule has 2 rings (SSSR count). The summed E-state index contributed by atoms with van der Waals surface area (Å²) in [7, 11) is -6.41. The molecule has 1 fully saturated rings. The summed E-state index contributed by atoms with van der Waals surface area (Å²) in [6.07, 6.45) is 1.46. The fraction of sp³-hybridized carbons (Fsp3) is 0.538. The Morgan fingerprint density at radius 2 is 1.90 bits per heavy atom. The first-order valence-corrected chi connectivity index (χ1v) is 10.2. The van der Waals surface area contributed by atoms with Crippen LogP contribution in [-0.2, 0) is 19.9 Å². The van der Waals surface area contributed by atoms with E-state index in [4.69, 9.17) is 0 Å². The van der Waals surface area contributed by atoms with Gasteiger partial charge in [0.05, 0.1) is 16.4 Å². The predicted molar refractivity (Wildman–Crippen MR) is 82.6 cm³/mol. The predicted octanol–water partition coefficient (Wildman–Crippen LogP) is 0.974. The van der Waals surface area contributed by atoms with Gasteiger partial charge in [-0.3, -0.25) is 0 Å². The smallest absolute Gasteiger partial charge is 0.240 e. The molecule has 1 saturated heterocycles. The van der Waals surface area contributed by atoms with Crippen molar-refractivity contribution in [2.45, 2.75) is 30.7 Å². The van der Waals surface area contributed by atoms with Crippen LogP contribution in [0.3, 0.4) is 0 Å². The van der Waals surface area contributed by atoms with E-state index in [1.54, 1.807) is 19.1 Å². The van der Waals surface area contributed by atoms with Crippen molar-refractivity contribution in [2.24, 2.45) is 0 Å². The molecule has 0 spiro atoms. The first-order chi connectivity index (χ1) is 9.82. The van der Waals surface area contributed by atoms with Crippen molar-refractivity contribution < 1.29 is 16.8 Å². The number of sulfonamides is 1. The molecule has 1 aliphatic heterocycles. The van der Waals surface area contributed by atoms with Gasteiger partial charge in [-0.1, -0.05) is 6.92 Å². The van der Waals surface area contributed by atoms with Gasteiger partial charge in [0.1, 0.15) is 0 Å². The van der Waals surface area contributed by atoms with Crippen molar-refractivity contribution in [3.63, 3.8) is 0 Å². The molecule has 1 aromatic rings. The van der Waals surface area contributed by atoms with Crippen LogP contribution in [0.15, 0.2) is 29.2 Å². The molecular weight excluding hydrogens is 312 g/mol. The molecule has 0 saturated carbocycles. The van der Waals surface area contributed by atoms with E-state index in [1.165, 1.54) is 12.1 Å². The molecule has 0 amide bonds. The van der Waals surface area contributed by atoms with Crippen LogP contribution in [0.25, 0.3) is 0 Å². The minimum atomic E-state index is -3.45. The standard InChI is InChI=1S/C13H20N2O4S2/c1-2-14-21(18,19)13-7-5-11(6-8-13)15-12-4-3-9-20(16,17)10-12/h5-8,12,14-15H,2-4,9-10H2,1H3. The van der Waals surface area contributed by atoms with Gasteiger partial charge < -0.3 is 5.32 Å². The number of benzene rings is 1. The van der Waals surface area contributed by atoms with Gasteiger partial charge in [0, 0.05) is 18.3 Å². The van der Waals surface area contributed by atoms with Gasteiger partial charge in [-0.2, -0.15) is 0 Å². The van der Waals surface area contributed by atoms with Crippen molar-refractivity contribution >= 4 is 25.5 Å². The minimum absolute atomic E-state index is 0.111. The number of hydrogen-bond donors (Lipinski definition) is 2. The van der Waals surface area contributed by atoms with E-state index in [0.29, 0.717) is 13.0 Å². The van der Waals surface area contributed by atoms with Crippen LogP contribution in [0.1, 0.15) is 19.8 Å². The van der Waals surface area contributed by atoms with Crippen LogP contribution in [0, 0.1) is 0 Å². The second kappa shape index (κ2) is 6.33. The fourth-order valence-corrected chi connectivity index (χ4v) is 5.05. The summed E-state index contributed by atoms with van der Waals surface area (Å²) in [6.45, 7) is 2.05. The Kier molecular flexibility index (Phi) is 4.90. The monoisotopic (exact) mass is 332 g/mol. The molecular formula is C13H20N2O4S2. The Balaban J connectivity index is 2.06. The summed E-state index contributed by atoms with van der Waals surface area (Å²) < 4.78 is 49.2. The molecule has 2 N–H and O–H groups in total. The van der Waals surface area contributed by atoms with Crippen LogP contribution < -0.4 is 10.0 Å². The Bertz CT molecular complexity index is 681. The van der Waals surface area contributed by atoms with Crippen molar-refractivity contribution in [3.8, 4) is 0 Å². The molecule has 1 atom stereocenters. The molecule has 6 nitrogen and oxygen atoms in total. The van der Waals surface area contributed by atoms with Gasteiger partial charge in [0.2, 0.25) is 10.0 Å². The van der Waals surface area contributed by atoms with Crippen LogP contribution in [0.4, 0.5) is 5.69 Å². The molecule has 1 heterocycles. The van der Waals surface area contributed by atoms with E-state index in [9.17, 15) is 16.8 Å². The third kappa shape index (κ3) is 4.42. The average molecular weight is 332 g/mol. The maximum atomic E-state index is 11.8. The highest BCUT2D eigenvalue weighted by molar-refractivity contribution is 7.91. The highest BCUT2D eigenvalue weighted by atomic mass is 32.2. The van der Waals surface area contributed by atoms with Crippen LogP contribution >= 0.6 is 0 Å². The van der Waals surface area contributed by atoms with Gasteiger partial charge in [-0.15, -0.1) is 0 Å². The van der Waals surface area contributed by atoms with Gasteiger partial charge in [0.15, 0.2) is 9.84 Å². The number of nitrogens with one attached hydrogen (secondary N) is 2. The Morgan fingerprint density at radius 1 is 1.24 bits per heavy atom. The van der Waals surface area contributed by atoms with Crippen molar-refractivity contribution in [2.75, 3.05) is 23.4 Å². The first kappa shape index (κ1) is 16.3. The van der Waals surface area contributed by atoms with Crippen LogP contribution in [0.5, 0.6) is 0 Å². The third-order valence-corrected chi connectivity index (χ3v) is 6.72. The first-order valence-electron chi connectivity index (χ1n) is 6.89.